The molecule has 1 aromatic heterocycles. The number of quaternary nitrogens is 1. The average Bonchev–Trinajstić information content (AvgIpc) is 3.04. The van der Waals surface area contributed by atoms with Crippen molar-refractivity contribution in [1.29, 1.82) is 0 Å². The van der Waals surface area contributed by atoms with Crippen molar-refractivity contribution in [3.8, 4) is 5.75 Å². The van der Waals surface area contributed by atoms with Crippen molar-refractivity contribution in [2.75, 3.05) is 39.3 Å². The number of nitrogens with zero attached hydrogens (tertiary/aromatic N) is 1. The smallest absolute Gasteiger partial charge is 0.253 e. The van der Waals surface area contributed by atoms with E-state index in [0.29, 0.717) is 28.2 Å². The first-order valence-corrected chi connectivity index (χ1v) is 10.9. The summed E-state index contributed by atoms with van der Waals surface area (Å²) in [5, 5.41) is 0. The molecule has 1 aliphatic rings. The number of sulfonamides is 1. The van der Waals surface area contributed by atoms with Gasteiger partial charge in [0.2, 0.25) is 0 Å². The van der Waals surface area contributed by atoms with Crippen LogP contribution < -0.4 is 9.64 Å². The fraction of sp³-hybridized carbons (Fsp3) is 0.412. The number of hydrogen-bond acceptors (Lipinski definition) is 4. The lowest BCUT2D eigenvalue weighted by atomic mass is 10.2. The Balaban J connectivity index is 1.48. The van der Waals surface area contributed by atoms with Gasteiger partial charge in [-0.3, -0.25) is 0 Å². The van der Waals surface area contributed by atoms with Crippen LogP contribution in [0.15, 0.2) is 40.6 Å². The normalized spacial score (nSPS) is 16.9. The van der Waals surface area contributed by atoms with Crippen LogP contribution in [-0.4, -0.2) is 52.1 Å². The molecule has 1 aliphatic heterocycles. The summed E-state index contributed by atoms with van der Waals surface area (Å²) in [6.07, 6.45) is 0. The van der Waals surface area contributed by atoms with E-state index in [9.17, 15) is 8.42 Å². The molecule has 136 valence electrons. The third kappa shape index (κ3) is 4.54. The SMILES string of the molecule is Cc1ccccc1OCC[NH+]1CCN(S(=O)(=O)c2ccc(Cl)s2)CC1. The molecule has 0 amide bonds. The number of nitrogens with one attached hydrogen (secondary N) is 1. The van der Waals surface area contributed by atoms with Crippen LogP contribution in [0.25, 0.3) is 0 Å². The van der Waals surface area contributed by atoms with Crippen LogP contribution in [-0.2, 0) is 10.0 Å². The van der Waals surface area contributed by atoms with Gasteiger partial charge in [-0.2, -0.15) is 4.31 Å². The highest BCUT2D eigenvalue weighted by Crippen LogP contribution is 2.28. The molecule has 0 aliphatic carbocycles. The lowest BCUT2D eigenvalue weighted by Gasteiger charge is -2.31. The number of benzene rings is 1. The molecule has 2 heterocycles. The average molecular weight is 402 g/mol. The van der Waals surface area contributed by atoms with Gasteiger partial charge >= 0.3 is 0 Å². The van der Waals surface area contributed by atoms with Gasteiger partial charge in [0.15, 0.2) is 0 Å². The van der Waals surface area contributed by atoms with Crippen molar-refractivity contribution < 1.29 is 18.1 Å². The van der Waals surface area contributed by atoms with Crippen LogP contribution in [0.3, 0.4) is 0 Å². The minimum absolute atomic E-state index is 0.323. The van der Waals surface area contributed by atoms with Gasteiger partial charge in [-0.05, 0) is 30.7 Å². The van der Waals surface area contributed by atoms with Gasteiger partial charge in [0.05, 0.1) is 30.5 Å². The Morgan fingerprint density at radius 2 is 1.92 bits per heavy atom. The minimum Gasteiger partial charge on any atom is -0.487 e. The van der Waals surface area contributed by atoms with Crippen LogP contribution in [0.1, 0.15) is 5.56 Å². The Bertz CT molecular complexity index is 815. The molecule has 0 bridgehead atoms. The Kier molecular flexibility index (Phi) is 6.01. The Hall–Kier alpha value is -1.12. The van der Waals surface area contributed by atoms with Crippen molar-refractivity contribution >= 4 is 33.0 Å². The topological polar surface area (TPSA) is 51.1 Å². The zero-order chi connectivity index (χ0) is 17.9. The minimum atomic E-state index is -3.41. The van der Waals surface area contributed by atoms with E-state index in [1.165, 1.54) is 4.90 Å². The first-order valence-electron chi connectivity index (χ1n) is 8.24. The van der Waals surface area contributed by atoms with E-state index < -0.39 is 10.0 Å². The molecule has 0 radical (unpaired) electrons. The molecule has 0 saturated carbocycles. The van der Waals surface area contributed by atoms with Crippen LogP contribution in [0, 0.1) is 6.92 Å². The van der Waals surface area contributed by atoms with Crippen molar-refractivity contribution in [3.63, 3.8) is 0 Å². The van der Waals surface area contributed by atoms with Gasteiger partial charge in [-0.15, -0.1) is 11.3 Å². The Labute approximate surface area is 157 Å². The van der Waals surface area contributed by atoms with Gasteiger partial charge in [0, 0.05) is 0 Å². The number of halogens is 1. The van der Waals surface area contributed by atoms with E-state index in [1.54, 1.807) is 16.4 Å². The zero-order valence-corrected chi connectivity index (χ0v) is 16.5. The molecule has 1 fully saturated rings. The summed E-state index contributed by atoms with van der Waals surface area (Å²) in [6.45, 7) is 6.16. The first-order chi connectivity index (χ1) is 12.0. The third-order valence-corrected chi connectivity index (χ3v) is 7.98. The quantitative estimate of drug-likeness (QED) is 0.801. The summed E-state index contributed by atoms with van der Waals surface area (Å²) in [4.78, 5) is 1.37. The number of thiophene rings is 1. The van der Waals surface area contributed by atoms with Gasteiger partial charge in [-0.1, -0.05) is 29.8 Å². The van der Waals surface area contributed by atoms with Crippen LogP contribution >= 0.6 is 22.9 Å². The second-order valence-electron chi connectivity index (χ2n) is 6.08. The Morgan fingerprint density at radius 1 is 1.20 bits per heavy atom. The van der Waals surface area contributed by atoms with Crippen molar-refractivity contribution in [2.24, 2.45) is 0 Å². The number of para-hydroxylation sites is 1. The molecule has 3 rings (SSSR count). The van der Waals surface area contributed by atoms with E-state index in [1.807, 2.05) is 31.2 Å². The number of rotatable bonds is 6. The molecule has 1 N–H and O–H groups in total. The predicted octanol–water partition coefficient (Wildman–Crippen LogP) is 1.68. The zero-order valence-electron chi connectivity index (χ0n) is 14.1. The van der Waals surface area contributed by atoms with Gasteiger partial charge < -0.3 is 9.64 Å². The monoisotopic (exact) mass is 401 g/mol. The summed E-state index contributed by atoms with van der Waals surface area (Å²) in [5.41, 5.74) is 1.13. The second-order valence-corrected chi connectivity index (χ2v) is 9.96. The lowest BCUT2D eigenvalue weighted by molar-refractivity contribution is -0.903. The van der Waals surface area contributed by atoms with E-state index in [-0.39, 0.29) is 0 Å². The van der Waals surface area contributed by atoms with Crippen LogP contribution in [0.4, 0.5) is 0 Å². The van der Waals surface area contributed by atoms with Crippen molar-refractivity contribution in [2.45, 2.75) is 11.1 Å². The summed E-state index contributed by atoms with van der Waals surface area (Å²) >= 11 is 6.98. The maximum atomic E-state index is 12.6. The van der Waals surface area contributed by atoms with E-state index in [4.69, 9.17) is 16.3 Å². The molecule has 2 aromatic rings. The summed E-state index contributed by atoms with van der Waals surface area (Å²) in [6, 6.07) is 11.2. The maximum Gasteiger partial charge on any atom is 0.253 e. The lowest BCUT2D eigenvalue weighted by Crippen LogP contribution is -3.15. The third-order valence-electron chi connectivity index (χ3n) is 4.38. The highest BCUT2D eigenvalue weighted by molar-refractivity contribution is 7.91. The van der Waals surface area contributed by atoms with Crippen molar-refractivity contribution in [1.82, 2.24) is 4.31 Å². The van der Waals surface area contributed by atoms with E-state index in [0.717, 1.165) is 42.3 Å². The fourth-order valence-corrected chi connectivity index (χ4v) is 5.96. The molecule has 8 heteroatoms. The summed E-state index contributed by atoms with van der Waals surface area (Å²) in [5.74, 6) is 0.915. The number of piperazine rings is 1. The van der Waals surface area contributed by atoms with E-state index >= 15 is 0 Å². The second kappa shape index (κ2) is 8.05. The maximum absolute atomic E-state index is 12.6. The molecule has 0 unspecified atom stereocenters. The predicted molar refractivity (Wildman–Crippen MR) is 100 cm³/mol. The number of ether oxygens (including phenoxy) is 1. The molecule has 5 nitrogen and oxygen atoms in total. The van der Waals surface area contributed by atoms with Crippen molar-refractivity contribution in [3.05, 3.63) is 46.3 Å². The number of hydrogen-bond donors (Lipinski definition) is 1. The Morgan fingerprint density at radius 3 is 2.56 bits per heavy atom. The standard InChI is InChI=1S/C17H21ClN2O3S2/c1-14-4-2-3-5-15(14)23-13-12-19-8-10-20(11-9-19)25(21,22)17-7-6-16(18)24-17/h2-7H,8-13H2,1H3/p+1. The highest BCUT2D eigenvalue weighted by Gasteiger charge is 2.31. The summed E-state index contributed by atoms with van der Waals surface area (Å²) in [7, 11) is -3.41. The van der Waals surface area contributed by atoms with Gasteiger partial charge in [0.25, 0.3) is 10.0 Å². The molecule has 0 spiro atoms. The first kappa shape index (κ1) is 18.7. The molecular weight excluding hydrogens is 380 g/mol. The highest BCUT2D eigenvalue weighted by atomic mass is 35.5. The van der Waals surface area contributed by atoms with Crippen LogP contribution in [0.5, 0.6) is 5.75 Å². The molecule has 25 heavy (non-hydrogen) atoms. The van der Waals surface area contributed by atoms with Gasteiger partial charge in [-0.25, -0.2) is 8.42 Å². The van der Waals surface area contributed by atoms with Crippen LogP contribution in [0.2, 0.25) is 4.34 Å². The summed E-state index contributed by atoms with van der Waals surface area (Å²) < 4.78 is 33.4. The molecular formula is C17H22ClN2O3S2+. The fourth-order valence-electron chi connectivity index (χ4n) is 2.88. The van der Waals surface area contributed by atoms with E-state index in [2.05, 4.69) is 0 Å². The molecule has 1 aromatic carbocycles. The molecule has 1 saturated heterocycles. The largest absolute Gasteiger partial charge is 0.487 e. The molecule has 0 atom stereocenters. The number of aryl methyl sites for hydroxylation is 1. The van der Waals surface area contributed by atoms with Gasteiger partial charge in [0.1, 0.15) is 23.1 Å².